The molecule has 4 heterocycles. The summed E-state index contributed by atoms with van der Waals surface area (Å²) in [5.41, 5.74) is 12.3. The highest BCUT2D eigenvalue weighted by atomic mass is 16.3. The van der Waals surface area contributed by atoms with Crippen LogP contribution in [0.3, 0.4) is 0 Å². The molecule has 0 bridgehead atoms. The molecule has 256 valence electrons. The smallest absolute Gasteiger partial charge is 0.235 e. The SMILES string of the molecule is c1ccc(-c2cccc(-n3c4ccc5oc6ccccc6c5c4c4ccc5c6ccccc6n(-c6nc(-c7ccccc7)c7ccccc7n6)c5c43)c2)cc1. The summed E-state index contributed by atoms with van der Waals surface area (Å²) >= 11 is 0. The Balaban J connectivity index is 1.29. The summed E-state index contributed by atoms with van der Waals surface area (Å²) in [4.78, 5) is 10.8. The monoisotopic (exact) mass is 702 g/mol. The van der Waals surface area contributed by atoms with Gasteiger partial charge in [-0.25, -0.2) is 9.97 Å². The molecular weight excluding hydrogens is 673 g/mol. The van der Waals surface area contributed by atoms with Crippen LogP contribution in [-0.2, 0) is 0 Å². The Morgan fingerprint density at radius 1 is 0.382 bits per heavy atom. The summed E-state index contributed by atoms with van der Waals surface area (Å²) in [7, 11) is 0. The normalized spacial score (nSPS) is 12.0. The fourth-order valence-electron chi connectivity index (χ4n) is 8.76. The van der Waals surface area contributed by atoms with Gasteiger partial charge in [-0.3, -0.25) is 4.57 Å². The van der Waals surface area contributed by atoms with E-state index in [4.69, 9.17) is 14.4 Å². The first kappa shape index (κ1) is 30.0. The lowest BCUT2D eigenvalue weighted by atomic mass is 10.0. The Morgan fingerprint density at radius 3 is 1.91 bits per heavy atom. The molecular formula is C50H30N4O. The van der Waals surface area contributed by atoms with Crippen molar-refractivity contribution < 1.29 is 4.42 Å². The lowest BCUT2D eigenvalue weighted by Crippen LogP contribution is -2.04. The minimum atomic E-state index is 0.630. The van der Waals surface area contributed by atoms with E-state index in [1.807, 2.05) is 12.1 Å². The lowest BCUT2D eigenvalue weighted by molar-refractivity contribution is 0.669. The third-order valence-electron chi connectivity index (χ3n) is 11.1. The van der Waals surface area contributed by atoms with E-state index in [1.54, 1.807) is 0 Å². The number of para-hydroxylation sites is 3. The van der Waals surface area contributed by atoms with Crippen molar-refractivity contribution in [2.45, 2.75) is 0 Å². The van der Waals surface area contributed by atoms with E-state index in [0.717, 1.165) is 99.0 Å². The van der Waals surface area contributed by atoms with E-state index in [9.17, 15) is 0 Å². The Morgan fingerprint density at radius 2 is 1.05 bits per heavy atom. The minimum Gasteiger partial charge on any atom is -0.456 e. The zero-order chi connectivity index (χ0) is 36.0. The lowest BCUT2D eigenvalue weighted by Gasteiger charge is -2.14. The van der Waals surface area contributed by atoms with Crippen LogP contribution in [0.25, 0.3) is 110 Å². The van der Waals surface area contributed by atoms with Gasteiger partial charge in [-0.15, -0.1) is 0 Å². The van der Waals surface area contributed by atoms with E-state index in [-0.39, 0.29) is 0 Å². The van der Waals surface area contributed by atoms with Crippen LogP contribution in [0.1, 0.15) is 0 Å². The second-order valence-electron chi connectivity index (χ2n) is 14.1. The Kier molecular flexibility index (Phi) is 6.27. The first-order valence-electron chi connectivity index (χ1n) is 18.6. The molecule has 0 fully saturated rings. The Bertz CT molecular complexity index is 3480. The van der Waals surface area contributed by atoms with Gasteiger partial charge in [-0.2, -0.15) is 0 Å². The molecule has 4 aromatic heterocycles. The number of nitrogens with zero attached hydrogens (tertiary/aromatic N) is 4. The predicted molar refractivity (Wildman–Crippen MR) is 226 cm³/mol. The van der Waals surface area contributed by atoms with Gasteiger partial charge in [0, 0.05) is 49.0 Å². The molecule has 0 N–H and O–H groups in total. The topological polar surface area (TPSA) is 48.8 Å². The summed E-state index contributed by atoms with van der Waals surface area (Å²) < 4.78 is 11.2. The van der Waals surface area contributed by atoms with Crippen LogP contribution >= 0.6 is 0 Å². The summed E-state index contributed by atoms with van der Waals surface area (Å²) in [5, 5.41) is 7.81. The van der Waals surface area contributed by atoms with Gasteiger partial charge in [0.2, 0.25) is 5.95 Å². The van der Waals surface area contributed by atoms with Crippen molar-refractivity contribution in [3.63, 3.8) is 0 Å². The molecule has 0 aliphatic rings. The van der Waals surface area contributed by atoms with Crippen molar-refractivity contribution in [2.24, 2.45) is 0 Å². The van der Waals surface area contributed by atoms with E-state index >= 15 is 0 Å². The maximum atomic E-state index is 6.49. The first-order valence-corrected chi connectivity index (χ1v) is 18.6. The largest absolute Gasteiger partial charge is 0.456 e. The van der Waals surface area contributed by atoms with Crippen LogP contribution in [0.2, 0.25) is 0 Å². The molecule has 0 radical (unpaired) electrons. The maximum absolute atomic E-state index is 6.49. The van der Waals surface area contributed by atoms with Crippen LogP contribution in [-0.4, -0.2) is 19.1 Å². The first-order chi connectivity index (χ1) is 27.3. The highest BCUT2D eigenvalue weighted by Gasteiger charge is 2.25. The third-order valence-corrected chi connectivity index (χ3v) is 11.1. The van der Waals surface area contributed by atoms with Gasteiger partial charge in [-0.05, 0) is 53.6 Å². The third kappa shape index (κ3) is 4.35. The van der Waals surface area contributed by atoms with Gasteiger partial charge in [0.05, 0.1) is 33.3 Å². The predicted octanol–water partition coefficient (Wildman–Crippen LogP) is 13.1. The molecule has 5 nitrogen and oxygen atoms in total. The summed E-state index contributed by atoms with van der Waals surface area (Å²) in [6, 6.07) is 64.1. The van der Waals surface area contributed by atoms with Gasteiger partial charge in [0.1, 0.15) is 11.2 Å². The molecule has 0 amide bonds. The summed E-state index contributed by atoms with van der Waals surface area (Å²) in [5.74, 6) is 0.630. The molecule has 12 rings (SSSR count). The van der Waals surface area contributed by atoms with E-state index in [2.05, 4.69) is 179 Å². The highest BCUT2D eigenvalue weighted by Crippen LogP contribution is 2.46. The average molecular weight is 703 g/mol. The van der Waals surface area contributed by atoms with Gasteiger partial charge >= 0.3 is 0 Å². The second-order valence-corrected chi connectivity index (χ2v) is 14.1. The Hall–Kier alpha value is -7.50. The zero-order valence-corrected chi connectivity index (χ0v) is 29.5. The van der Waals surface area contributed by atoms with Crippen LogP contribution in [0, 0.1) is 0 Å². The fraction of sp³-hybridized carbons (Fsp3) is 0. The van der Waals surface area contributed by atoms with Crippen LogP contribution in [0.5, 0.6) is 0 Å². The molecule has 8 aromatic carbocycles. The molecule has 0 saturated carbocycles. The highest BCUT2D eigenvalue weighted by molar-refractivity contribution is 6.31. The molecule has 0 aliphatic heterocycles. The summed E-state index contributed by atoms with van der Waals surface area (Å²) in [6.45, 7) is 0. The number of rotatable bonds is 4. The summed E-state index contributed by atoms with van der Waals surface area (Å²) in [6.07, 6.45) is 0. The minimum absolute atomic E-state index is 0.630. The number of hydrogen-bond donors (Lipinski definition) is 0. The van der Waals surface area contributed by atoms with E-state index in [0.29, 0.717) is 5.95 Å². The van der Waals surface area contributed by atoms with Gasteiger partial charge in [0.15, 0.2) is 0 Å². The molecule has 0 saturated heterocycles. The number of hydrogen-bond acceptors (Lipinski definition) is 3. The number of fused-ring (bicyclic) bond motifs is 12. The number of furan rings is 1. The van der Waals surface area contributed by atoms with Crippen molar-refractivity contribution in [1.82, 2.24) is 19.1 Å². The van der Waals surface area contributed by atoms with Crippen molar-refractivity contribution in [1.29, 1.82) is 0 Å². The molecule has 12 aromatic rings. The maximum Gasteiger partial charge on any atom is 0.235 e. The average Bonchev–Trinajstić information content (AvgIpc) is 3.91. The quantitative estimate of drug-likeness (QED) is 0.183. The van der Waals surface area contributed by atoms with Crippen LogP contribution < -0.4 is 0 Å². The van der Waals surface area contributed by atoms with Crippen molar-refractivity contribution in [3.05, 3.63) is 182 Å². The molecule has 5 heteroatoms. The van der Waals surface area contributed by atoms with Gasteiger partial charge < -0.3 is 8.98 Å². The molecule has 55 heavy (non-hydrogen) atoms. The van der Waals surface area contributed by atoms with Crippen LogP contribution in [0.4, 0.5) is 0 Å². The fourth-order valence-corrected chi connectivity index (χ4v) is 8.76. The van der Waals surface area contributed by atoms with Crippen LogP contribution in [0.15, 0.2) is 186 Å². The molecule has 0 spiro atoms. The van der Waals surface area contributed by atoms with Crippen molar-refractivity contribution >= 4 is 76.5 Å². The van der Waals surface area contributed by atoms with Crippen molar-refractivity contribution in [2.75, 3.05) is 0 Å². The molecule has 0 aliphatic carbocycles. The van der Waals surface area contributed by atoms with Gasteiger partial charge in [-0.1, -0.05) is 140 Å². The number of aromatic nitrogens is 4. The van der Waals surface area contributed by atoms with Crippen molar-refractivity contribution in [3.8, 4) is 34.0 Å². The molecule has 0 atom stereocenters. The second kappa shape index (κ2) is 11.5. The molecule has 0 unspecified atom stereocenters. The number of benzene rings is 8. The van der Waals surface area contributed by atoms with E-state index in [1.165, 1.54) is 5.56 Å². The Labute approximate surface area is 315 Å². The zero-order valence-electron chi connectivity index (χ0n) is 29.5. The standard InChI is InChI=1S/C50H30N4O/c1-3-14-31(15-4-1)33-18-13-19-34(30-33)53-42-28-29-44-46(38-22-9-12-25-43(38)55-44)45(42)39-27-26-36-35-20-8-11-24-41(35)54(48(36)49(39)53)50-51-40-23-10-7-21-37(40)47(52-50)32-16-5-2-6-17-32/h1-30H. The van der Waals surface area contributed by atoms with Gasteiger partial charge in [0.25, 0.3) is 0 Å². The van der Waals surface area contributed by atoms with E-state index < -0.39 is 0 Å².